The van der Waals surface area contributed by atoms with Crippen molar-refractivity contribution >= 4 is 5.97 Å². The summed E-state index contributed by atoms with van der Waals surface area (Å²) in [6.07, 6.45) is 3.87. The van der Waals surface area contributed by atoms with Gasteiger partial charge in [-0.1, -0.05) is 27.7 Å². The van der Waals surface area contributed by atoms with Gasteiger partial charge >= 0.3 is 5.97 Å². The molecule has 2 N–H and O–H groups in total. The minimum absolute atomic E-state index is 0.425. The smallest absolute Gasteiger partial charge is 0.323 e. The predicted molar refractivity (Wildman–Crippen MR) is 87.5 cm³/mol. The second-order valence-corrected chi connectivity index (χ2v) is 7.71. The minimum Gasteiger partial charge on any atom is -0.480 e. The van der Waals surface area contributed by atoms with Gasteiger partial charge in [-0.2, -0.15) is 0 Å². The average molecular weight is 298 g/mol. The van der Waals surface area contributed by atoms with Crippen molar-refractivity contribution in [3.8, 4) is 0 Å². The Hall–Kier alpha value is -0.610. The molecule has 0 aromatic heterocycles. The van der Waals surface area contributed by atoms with Gasteiger partial charge in [-0.3, -0.25) is 10.1 Å². The highest BCUT2D eigenvalue weighted by Gasteiger charge is 2.37. The van der Waals surface area contributed by atoms with Crippen LogP contribution in [0.2, 0.25) is 0 Å². The fourth-order valence-electron chi connectivity index (χ4n) is 2.87. The maximum absolute atomic E-state index is 11.5. The van der Waals surface area contributed by atoms with Gasteiger partial charge in [0.25, 0.3) is 0 Å². The zero-order chi connectivity index (χ0) is 16.0. The first-order valence-corrected chi connectivity index (χ1v) is 8.46. The Morgan fingerprint density at radius 1 is 1.24 bits per heavy atom. The molecule has 0 aromatic rings. The van der Waals surface area contributed by atoms with Crippen LogP contribution in [0, 0.1) is 11.8 Å². The molecule has 0 radical (unpaired) electrons. The molecule has 0 amide bonds. The zero-order valence-electron chi connectivity index (χ0n) is 14.5. The monoisotopic (exact) mass is 298 g/mol. The number of nitrogens with zero attached hydrogens (tertiary/aromatic N) is 1. The Balaban J connectivity index is 2.43. The molecule has 1 unspecified atom stereocenters. The van der Waals surface area contributed by atoms with E-state index in [1.807, 2.05) is 6.92 Å². The number of aliphatic carboxylic acids is 1. The summed E-state index contributed by atoms with van der Waals surface area (Å²) in [6.45, 7) is 14.0. The number of hydrogen-bond donors (Lipinski definition) is 2. The first-order chi connectivity index (χ1) is 9.73. The third-order valence-electron chi connectivity index (χ3n) is 3.97. The van der Waals surface area contributed by atoms with Crippen molar-refractivity contribution in [2.75, 3.05) is 19.6 Å². The summed E-state index contributed by atoms with van der Waals surface area (Å²) in [5.41, 5.74) is -0.761. The lowest BCUT2D eigenvalue weighted by Gasteiger charge is -2.30. The molecule has 4 heteroatoms. The van der Waals surface area contributed by atoms with Gasteiger partial charge in [-0.25, -0.2) is 0 Å². The third-order valence-corrected chi connectivity index (χ3v) is 3.97. The van der Waals surface area contributed by atoms with E-state index in [0.29, 0.717) is 24.3 Å². The molecule has 0 saturated heterocycles. The van der Waals surface area contributed by atoms with Crippen LogP contribution < -0.4 is 5.32 Å². The van der Waals surface area contributed by atoms with Gasteiger partial charge < -0.3 is 10.0 Å². The van der Waals surface area contributed by atoms with E-state index >= 15 is 0 Å². The van der Waals surface area contributed by atoms with Gasteiger partial charge in [0.15, 0.2) is 0 Å². The van der Waals surface area contributed by atoms with Gasteiger partial charge in [0, 0.05) is 19.1 Å². The van der Waals surface area contributed by atoms with Gasteiger partial charge in [-0.05, 0) is 51.0 Å². The molecule has 1 rings (SSSR count). The summed E-state index contributed by atoms with van der Waals surface area (Å²) >= 11 is 0. The molecule has 21 heavy (non-hydrogen) atoms. The summed E-state index contributed by atoms with van der Waals surface area (Å²) < 4.78 is 0. The van der Waals surface area contributed by atoms with E-state index in [1.165, 1.54) is 0 Å². The average Bonchev–Trinajstić information content (AvgIpc) is 3.10. The lowest BCUT2D eigenvalue weighted by molar-refractivity contribution is -0.144. The summed E-state index contributed by atoms with van der Waals surface area (Å²) in [6, 6.07) is 0.425. The number of hydrogen-bond acceptors (Lipinski definition) is 3. The molecule has 1 fully saturated rings. The van der Waals surface area contributed by atoms with E-state index < -0.39 is 11.5 Å². The van der Waals surface area contributed by atoms with Crippen molar-refractivity contribution in [2.45, 2.75) is 71.9 Å². The van der Waals surface area contributed by atoms with Crippen molar-refractivity contribution < 1.29 is 9.90 Å². The molecule has 0 spiro atoms. The standard InChI is InChI=1S/C17H34N2O2/c1-13(2)11-19(12-14(3)4)10-6-9-17(5,16(20)21)18-15-7-8-15/h13-15,18H,6-12H2,1-5H3,(H,20,21). The van der Waals surface area contributed by atoms with Crippen LogP contribution in [-0.4, -0.2) is 47.2 Å². The van der Waals surface area contributed by atoms with Gasteiger partial charge in [0.1, 0.15) is 5.54 Å². The van der Waals surface area contributed by atoms with Crippen molar-refractivity contribution in [1.82, 2.24) is 10.2 Å². The second-order valence-electron chi connectivity index (χ2n) is 7.71. The van der Waals surface area contributed by atoms with Crippen molar-refractivity contribution in [1.29, 1.82) is 0 Å². The Morgan fingerprint density at radius 2 is 1.76 bits per heavy atom. The Bertz CT molecular complexity index is 317. The maximum Gasteiger partial charge on any atom is 0.323 e. The molecular formula is C17H34N2O2. The molecule has 1 aliphatic carbocycles. The van der Waals surface area contributed by atoms with Crippen LogP contribution in [0.3, 0.4) is 0 Å². The molecule has 4 nitrogen and oxygen atoms in total. The Labute approximate surface area is 130 Å². The lowest BCUT2D eigenvalue weighted by Crippen LogP contribution is -2.51. The number of carbonyl (C=O) groups is 1. The Kier molecular flexibility index (Phi) is 7.14. The molecule has 1 aliphatic rings. The normalized spacial score (nSPS) is 18.5. The van der Waals surface area contributed by atoms with E-state index in [-0.39, 0.29) is 0 Å². The van der Waals surface area contributed by atoms with Crippen LogP contribution in [0.5, 0.6) is 0 Å². The van der Waals surface area contributed by atoms with Crippen molar-refractivity contribution in [3.63, 3.8) is 0 Å². The summed E-state index contributed by atoms with van der Waals surface area (Å²) in [7, 11) is 0. The van der Waals surface area contributed by atoms with E-state index in [9.17, 15) is 9.90 Å². The lowest BCUT2D eigenvalue weighted by atomic mass is 9.95. The molecule has 1 saturated carbocycles. The van der Waals surface area contributed by atoms with Crippen LogP contribution in [0.25, 0.3) is 0 Å². The van der Waals surface area contributed by atoms with Crippen LogP contribution in [0.4, 0.5) is 0 Å². The first-order valence-electron chi connectivity index (χ1n) is 8.46. The molecule has 0 aliphatic heterocycles. The van der Waals surface area contributed by atoms with Crippen LogP contribution in [-0.2, 0) is 4.79 Å². The van der Waals surface area contributed by atoms with Gasteiger partial charge in [0.05, 0.1) is 0 Å². The molecule has 0 heterocycles. The predicted octanol–water partition coefficient (Wildman–Crippen LogP) is 2.98. The summed E-state index contributed by atoms with van der Waals surface area (Å²) in [4.78, 5) is 14.0. The van der Waals surface area contributed by atoms with E-state index in [4.69, 9.17) is 0 Å². The highest BCUT2D eigenvalue weighted by molar-refractivity contribution is 5.78. The molecule has 0 bridgehead atoms. The molecule has 1 atom stereocenters. The first kappa shape index (κ1) is 18.4. The van der Waals surface area contributed by atoms with Crippen LogP contribution in [0.15, 0.2) is 0 Å². The second kappa shape index (κ2) is 8.14. The van der Waals surface area contributed by atoms with Crippen molar-refractivity contribution in [2.24, 2.45) is 11.8 Å². The molecule has 124 valence electrons. The topological polar surface area (TPSA) is 52.6 Å². The van der Waals surface area contributed by atoms with Gasteiger partial charge in [-0.15, -0.1) is 0 Å². The zero-order valence-corrected chi connectivity index (χ0v) is 14.5. The van der Waals surface area contributed by atoms with Gasteiger partial charge in [0.2, 0.25) is 0 Å². The highest BCUT2D eigenvalue weighted by atomic mass is 16.4. The summed E-state index contributed by atoms with van der Waals surface area (Å²) in [5, 5.41) is 12.8. The number of carboxylic acid groups (broad SMARTS) is 1. The molecular weight excluding hydrogens is 264 g/mol. The number of carboxylic acids is 1. The van der Waals surface area contributed by atoms with Crippen LogP contribution >= 0.6 is 0 Å². The van der Waals surface area contributed by atoms with E-state index in [1.54, 1.807) is 0 Å². The largest absolute Gasteiger partial charge is 0.480 e. The molecule has 0 aromatic carbocycles. The number of rotatable bonds is 11. The van der Waals surface area contributed by atoms with Crippen LogP contribution in [0.1, 0.15) is 60.3 Å². The highest BCUT2D eigenvalue weighted by Crippen LogP contribution is 2.25. The quantitative estimate of drug-likeness (QED) is 0.616. The SMILES string of the molecule is CC(C)CN(CCCC(C)(NC1CC1)C(=O)O)CC(C)C. The third kappa shape index (κ3) is 7.28. The van der Waals surface area contributed by atoms with E-state index in [0.717, 1.165) is 38.9 Å². The number of nitrogens with one attached hydrogen (secondary N) is 1. The maximum atomic E-state index is 11.5. The Morgan fingerprint density at radius 3 is 2.14 bits per heavy atom. The fourth-order valence-corrected chi connectivity index (χ4v) is 2.87. The fraction of sp³-hybridized carbons (Fsp3) is 0.941. The summed E-state index contributed by atoms with van der Waals surface area (Å²) in [5.74, 6) is 0.590. The van der Waals surface area contributed by atoms with E-state index in [2.05, 4.69) is 37.9 Å². The minimum atomic E-state index is -0.761. The van der Waals surface area contributed by atoms with Crippen molar-refractivity contribution in [3.05, 3.63) is 0 Å².